The molecule has 0 radical (unpaired) electrons. The Kier molecular flexibility index (Phi) is 4.88. The summed E-state index contributed by atoms with van der Waals surface area (Å²) >= 11 is 0. The summed E-state index contributed by atoms with van der Waals surface area (Å²) in [5, 5.41) is 2.63. The maximum Gasteiger partial charge on any atom is 0.411 e. The summed E-state index contributed by atoms with van der Waals surface area (Å²) in [5.74, 6) is 0. The number of likely N-dealkylation sites (tertiary alicyclic amines) is 1. The Morgan fingerprint density at radius 2 is 2.00 bits per heavy atom. The van der Waals surface area contributed by atoms with Gasteiger partial charge in [-0.2, -0.15) is 0 Å². The van der Waals surface area contributed by atoms with Crippen LogP contribution < -0.4 is 5.32 Å². The number of nitrogens with one attached hydrogen (secondary N) is 1. The van der Waals surface area contributed by atoms with Crippen LogP contribution in [0.2, 0.25) is 0 Å². The van der Waals surface area contributed by atoms with E-state index in [1.807, 2.05) is 0 Å². The summed E-state index contributed by atoms with van der Waals surface area (Å²) in [6, 6.07) is 0. The van der Waals surface area contributed by atoms with Crippen LogP contribution in [0.1, 0.15) is 26.7 Å². The van der Waals surface area contributed by atoms with Gasteiger partial charge in [-0.3, -0.25) is 4.90 Å². The van der Waals surface area contributed by atoms with Crippen molar-refractivity contribution in [1.82, 2.24) is 10.2 Å². The Hall–Kier alpha value is -1.46. The number of amides is 2. The lowest BCUT2D eigenvalue weighted by atomic mass is 10.3. The molecule has 1 unspecified atom stereocenters. The van der Waals surface area contributed by atoms with Gasteiger partial charge in [0.2, 0.25) is 0 Å². The van der Waals surface area contributed by atoms with Crippen LogP contribution >= 0.6 is 0 Å². The predicted molar refractivity (Wildman–Crippen MR) is 56.9 cm³/mol. The van der Waals surface area contributed by atoms with E-state index in [4.69, 9.17) is 9.47 Å². The molecule has 92 valence electrons. The number of rotatable bonds is 3. The number of carbonyl (C=O) groups is 2. The Bertz CT molecular complexity index is 257. The van der Waals surface area contributed by atoms with Crippen LogP contribution in [0, 0.1) is 0 Å². The molecule has 1 fully saturated rings. The topological polar surface area (TPSA) is 67.9 Å². The molecule has 1 heterocycles. The van der Waals surface area contributed by atoms with Crippen LogP contribution in [-0.4, -0.2) is 43.0 Å². The van der Waals surface area contributed by atoms with Crippen molar-refractivity contribution in [3.05, 3.63) is 0 Å². The first-order chi connectivity index (χ1) is 7.69. The number of hydrogen-bond donors (Lipinski definition) is 1. The van der Waals surface area contributed by atoms with Gasteiger partial charge in [-0.25, -0.2) is 9.59 Å². The zero-order valence-corrected chi connectivity index (χ0v) is 9.69. The monoisotopic (exact) mass is 230 g/mol. The second-order valence-corrected chi connectivity index (χ2v) is 3.42. The van der Waals surface area contributed by atoms with E-state index >= 15 is 0 Å². The van der Waals surface area contributed by atoms with Crippen molar-refractivity contribution in [2.24, 2.45) is 0 Å². The molecule has 1 rings (SSSR count). The highest BCUT2D eigenvalue weighted by atomic mass is 16.6. The van der Waals surface area contributed by atoms with Gasteiger partial charge < -0.3 is 14.8 Å². The molecular weight excluding hydrogens is 212 g/mol. The molecule has 1 aliphatic rings. The fourth-order valence-corrected chi connectivity index (χ4v) is 1.65. The number of hydrogen-bond acceptors (Lipinski definition) is 4. The molecule has 1 saturated heterocycles. The van der Waals surface area contributed by atoms with Crippen molar-refractivity contribution < 1.29 is 19.1 Å². The molecule has 0 bridgehead atoms. The van der Waals surface area contributed by atoms with Crippen LogP contribution in [0.25, 0.3) is 0 Å². The number of ether oxygens (including phenoxy) is 2. The molecule has 6 heteroatoms. The van der Waals surface area contributed by atoms with Crippen LogP contribution in [0.4, 0.5) is 9.59 Å². The first-order valence-electron chi connectivity index (χ1n) is 5.55. The Morgan fingerprint density at radius 1 is 1.31 bits per heavy atom. The smallest absolute Gasteiger partial charge is 0.411 e. The number of nitrogens with zero attached hydrogens (tertiary/aromatic N) is 1. The van der Waals surface area contributed by atoms with Gasteiger partial charge >= 0.3 is 12.2 Å². The average molecular weight is 230 g/mol. The number of alkyl carbamates (subject to hydrolysis) is 1. The van der Waals surface area contributed by atoms with Gasteiger partial charge in [0.25, 0.3) is 0 Å². The summed E-state index contributed by atoms with van der Waals surface area (Å²) in [6.45, 7) is 4.74. The summed E-state index contributed by atoms with van der Waals surface area (Å²) in [5.41, 5.74) is 0. The molecule has 0 aromatic rings. The highest BCUT2D eigenvalue weighted by Crippen LogP contribution is 2.16. The Balaban J connectivity index is 2.45. The van der Waals surface area contributed by atoms with Crippen molar-refractivity contribution in [2.45, 2.75) is 32.9 Å². The predicted octanol–water partition coefficient (Wildman–Crippen LogP) is 1.31. The largest absolute Gasteiger partial charge is 0.450 e. The second kappa shape index (κ2) is 6.19. The fourth-order valence-electron chi connectivity index (χ4n) is 1.65. The van der Waals surface area contributed by atoms with Crippen LogP contribution in [0.5, 0.6) is 0 Å². The molecule has 1 N–H and O–H groups in total. The van der Waals surface area contributed by atoms with Crippen molar-refractivity contribution in [2.75, 3.05) is 19.8 Å². The molecule has 0 saturated carbocycles. The van der Waals surface area contributed by atoms with Crippen molar-refractivity contribution in [3.8, 4) is 0 Å². The standard InChI is InChI=1S/C10H18N2O4/c1-3-15-9(13)11-8-6-5-7-12(8)10(14)16-4-2/h8H,3-7H2,1-2H3,(H,11,13). The molecule has 1 aliphatic heterocycles. The van der Waals surface area contributed by atoms with Gasteiger partial charge in [0, 0.05) is 6.54 Å². The average Bonchev–Trinajstić information content (AvgIpc) is 2.66. The lowest BCUT2D eigenvalue weighted by Crippen LogP contribution is -2.47. The summed E-state index contributed by atoms with van der Waals surface area (Å²) in [7, 11) is 0. The van der Waals surface area contributed by atoms with E-state index in [0.29, 0.717) is 19.8 Å². The minimum Gasteiger partial charge on any atom is -0.450 e. The van der Waals surface area contributed by atoms with Gasteiger partial charge in [0.1, 0.15) is 6.17 Å². The van der Waals surface area contributed by atoms with E-state index in [-0.39, 0.29) is 12.3 Å². The zero-order valence-electron chi connectivity index (χ0n) is 9.69. The molecule has 0 aromatic carbocycles. The highest BCUT2D eigenvalue weighted by Gasteiger charge is 2.31. The lowest BCUT2D eigenvalue weighted by molar-refractivity contribution is 0.0921. The summed E-state index contributed by atoms with van der Waals surface area (Å²) in [4.78, 5) is 24.2. The van der Waals surface area contributed by atoms with E-state index in [9.17, 15) is 9.59 Å². The van der Waals surface area contributed by atoms with Crippen molar-refractivity contribution in [1.29, 1.82) is 0 Å². The van der Waals surface area contributed by atoms with Crippen LogP contribution in [-0.2, 0) is 9.47 Å². The SMILES string of the molecule is CCOC(=O)NC1CCCN1C(=O)OCC. The third-order valence-electron chi connectivity index (χ3n) is 2.32. The second-order valence-electron chi connectivity index (χ2n) is 3.42. The fraction of sp³-hybridized carbons (Fsp3) is 0.800. The van der Waals surface area contributed by atoms with Crippen molar-refractivity contribution in [3.63, 3.8) is 0 Å². The third-order valence-corrected chi connectivity index (χ3v) is 2.32. The molecule has 0 spiro atoms. The molecule has 1 atom stereocenters. The first-order valence-corrected chi connectivity index (χ1v) is 5.55. The quantitative estimate of drug-likeness (QED) is 0.793. The number of carbonyl (C=O) groups excluding carboxylic acids is 2. The first kappa shape index (κ1) is 12.6. The normalized spacial score (nSPS) is 19.4. The molecule has 0 aliphatic carbocycles. The van der Waals surface area contributed by atoms with E-state index in [1.165, 1.54) is 4.90 Å². The molecule has 16 heavy (non-hydrogen) atoms. The maximum atomic E-state index is 11.5. The molecular formula is C10H18N2O4. The van der Waals surface area contributed by atoms with Crippen molar-refractivity contribution >= 4 is 12.2 Å². The van der Waals surface area contributed by atoms with Gasteiger partial charge in [-0.05, 0) is 26.7 Å². The Labute approximate surface area is 94.9 Å². The minimum atomic E-state index is -0.497. The van der Waals surface area contributed by atoms with Crippen LogP contribution in [0.3, 0.4) is 0 Å². The van der Waals surface area contributed by atoms with E-state index in [0.717, 1.165) is 12.8 Å². The van der Waals surface area contributed by atoms with E-state index < -0.39 is 6.09 Å². The summed E-state index contributed by atoms with van der Waals surface area (Å²) < 4.78 is 9.66. The molecule has 0 aromatic heterocycles. The van der Waals surface area contributed by atoms with Gasteiger partial charge in [0.15, 0.2) is 0 Å². The Morgan fingerprint density at radius 3 is 2.62 bits per heavy atom. The minimum absolute atomic E-state index is 0.307. The van der Waals surface area contributed by atoms with E-state index in [1.54, 1.807) is 13.8 Å². The third kappa shape index (κ3) is 3.29. The molecule has 6 nitrogen and oxygen atoms in total. The van der Waals surface area contributed by atoms with Gasteiger partial charge in [0.05, 0.1) is 13.2 Å². The maximum absolute atomic E-state index is 11.5. The van der Waals surface area contributed by atoms with Crippen LogP contribution in [0.15, 0.2) is 0 Å². The zero-order chi connectivity index (χ0) is 12.0. The van der Waals surface area contributed by atoms with Gasteiger partial charge in [-0.15, -0.1) is 0 Å². The lowest BCUT2D eigenvalue weighted by Gasteiger charge is -2.24. The summed E-state index contributed by atoms with van der Waals surface area (Å²) in [6.07, 6.45) is 0.400. The van der Waals surface area contributed by atoms with E-state index in [2.05, 4.69) is 5.32 Å². The molecule has 2 amide bonds. The highest BCUT2D eigenvalue weighted by molar-refractivity contribution is 5.71. The van der Waals surface area contributed by atoms with Gasteiger partial charge in [-0.1, -0.05) is 0 Å².